The molecule has 35 heavy (non-hydrogen) atoms. The van der Waals surface area contributed by atoms with Gasteiger partial charge in [-0.05, 0) is 18.2 Å². The van der Waals surface area contributed by atoms with Crippen LogP contribution in [0.25, 0.3) is 22.3 Å². The van der Waals surface area contributed by atoms with Gasteiger partial charge in [-0.25, -0.2) is 18.7 Å². The summed E-state index contributed by atoms with van der Waals surface area (Å²) in [6.45, 7) is 2.16. The third-order valence-electron chi connectivity index (χ3n) is 5.72. The van der Waals surface area contributed by atoms with E-state index in [1.54, 1.807) is 19.3 Å². The van der Waals surface area contributed by atoms with Gasteiger partial charge in [0.05, 0.1) is 37.3 Å². The largest absolute Gasteiger partial charge is 0.496 e. The number of morpholine rings is 1. The van der Waals surface area contributed by atoms with Crippen molar-refractivity contribution in [2.75, 3.05) is 43.6 Å². The molecule has 180 valence electrons. The van der Waals surface area contributed by atoms with Gasteiger partial charge in [-0.2, -0.15) is 5.10 Å². The van der Waals surface area contributed by atoms with Crippen molar-refractivity contribution in [2.24, 2.45) is 7.05 Å². The summed E-state index contributed by atoms with van der Waals surface area (Å²) in [5.41, 5.74) is 1.17. The third kappa shape index (κ3) is 4.26. The van der Waals surface area contributed by atoms with Gasteiger partial charge in [-0.1, -0.05) is 6.07 Å². The molecule has 4 aromatic rings. The smallest absolute Gasteiger partial charge is 0.274 e. The van der Waals surface area contributed by atoms with Crippen LogP contribution in [0.1, 0.15) is 10.5 Å². The van der Waals surface area contributed by atoms with Gasteiger partial charge in [0.2, 0.25) is 0 Å². The van der Waals surface area contributed by atoms with Crippen molar-refractivity contribution in [3.63, 3.8) is 0 Å². The maximum Gasteiger partial charge on any atom is 0.274 e. The molecule has 0 spiro atoms. The normalized spacial score (nSPS) is 13.8. The van der Waals surface area contributed by atoms with E-state index >= 15 is 0 Å². The van der Waals surface area contributed by atoms with Crippen molar-refractivity contribution in [2.45, 2.75) is 0 Å². The molecule has 0 aliphatic carbocycles. The number of nitrogens with one attached hydrogen (secondary N) is 1. The average Bonchev–Trinajstić information content (AvgIpc) is 3.26. The van der Waals surface area contributed by atoms with E-state index in [9.17, 15) is 13.6 Å². The maximum absolute atomic E-state index is 14.9. The first-order chi connectivity index (χ1) is 17.0. The van der Waals surface area contributed by atoms with E-state index in [2.05, 4.69) is 20.4 Å². The second kappa shape index (κ2) is 9.26. The minimum atomic E-state index is -0.596. The van der Waals surface area contributed by atoms with Gasteiger partial charge in [-0.15, -0.1) is 0 Å². The summed E-state index contributed by atoms with van der Waals surface area (Å²) in [5.74, 6) is -1.51. The molecule has 1 aliphatic rings. The van der Waals surface area contributed by atoms with E-state index in [0.717, 1.165) is 0 Å². The highest BCUT2D eigenvalue weighted by Gasteiger charge is 2.24. The van der Waals surface area contributed by atoms with Crippen molar-refractivity contribution in [1.29, 1.82) is 0 Å². The van der Waals surface area contributed by atoms with Crippen LogP contribution in [-0.4, -0.2) is 59.1 Å². The first-order valence-electron chi connectivity index (χ1n) is 10.9. The lowest BCUT2D eigenvalue weighted by Gasteiger charge is -2.31. The Hall–Kier alpha value is -4.12. The summed E-state index contributed by atoms with van der Waals surface area (Å²) >= 11 is 0. The summed E-state index contributed by atoms with van der Waals surface area (Å²) < 4.78 is 41.7. The first kappa shape index (κ1) is 22.7. The molecule has 0 bridgehead atoms. The quantitative estimate of drug-likeness (QED) is 0.468. The van der Waals surface area contributed by atoms with Gasteiger partial charge in [-0.3, -0.25) is 9.48 Å². The number of hydrogen-bond donors (Lipinski definition) is 1. The third-order valence-corrected chi connectivity index (χ3v) is 5.72. The number of carbonyl (C=O) groups excluding carboxylic acids is 1. The zero-order valence-electron chi connectivity index (χ0n) is 19.1. The van der Waals surface area contributed by atoms with Crippen molar-refractivity contribution >= 4 is 28.2 Å². The molecule has 0 saturated carbocycles. The monoisotopic (exact) mass is 480 g/mol. The highest BCUT2D eigenvalue weighted by Crippen LogP contribution is 2.37. The molecule has 2 aromatic heterocycles. The van der Waals surface area contributed by atoms with Crippen LogP contribution >= 0.6 is 0 Å². The van der Waals surface area contributed by atoms with Gasteiger partial charge in [0.1, 0.15) is 22.8 Å². The molecule has 9 nitrogen and oxygen atoms in total. The number of amides is 1. The molecule has 0 unspecified atom stereocenters. The standard InChI is InChI=1S/C24H22F2N6O3/c1-31-13-14-21(30-31)16(26)12-18(22(14)32-8-10-35-11-9-32)29-24(33)17-6-7-27-23(28-17)20-15(25)4-3-5-19(20)34-2/h3-7,12-13H,8-11H2,1-2H3,(H,29,33). The van der Waals surface area contributed by atoms with Crippen molar-refractivity contribution in [3.05, 3.63) is 60.1 Å². The van der Waals surface area contributed by atoms with Crippen LogP contribution in [0, 0.1) is 11.6 Å². The van der Waals surface area contributed by atoms with Gasteiger partial charge >= 0.3 is 0 Å². The van der Waals surface area contributed by atoms with E-state index in [0.29, 0.717) is 37.4 Å². The number of rotatable bonds is 5. The van der Waals surface area contributed by atoms with E-state index < -0.39 is 17.5 Å². The highest BCUT2D eigenvalue weighted by atomic mass is 19.1. The lowest BCUT2D eigenvalue weighted by Crippen LogP contribution is -2.37. The Labute approximate surface area is 199 Å². The fourth-order valence-corrected chi connectivity index (χ4v) is 4.15. The molecule has 11 heteroatoms. The Morgan fingerprint density at radius 1 is 1.17 bits per heavy atom. The number of benzene rings is 2. The van der Waals surface area contributed by atoms with Crippen LogP contribution < -0.4 is 15.0 Å². The van der Waals surface area contributed by atoms with Crippen molar-refractivity contribution in [1.82, 2.24) is 19.7 Å². The molecule has 1 saturated heterocycles. The number of ether oxygens (including phenoxy) is 2. The number of halogens is 2. The molecule has 5 rings (SSSR count). The summed E-state index contributed by atoms with van der Waals surface area (Å²) in [6, 6.07) is 6.99. The molecule has 0 radical (unpaired) electrons. The Balaban J connectivity index is 1.54. The zero-order chi connectivity index (χ0) is 24.5. The van der Waals surface area contributed by atoms with Gasteiger partial charge in [0, 0.05) is 44.0 Å². The number of hydrogen-bond acceptors (Lipinski definition) is 7. The molecule has 2 aromatic carbocycles. The van der Waals surface area contributed by atoms with Crippen LogP contribution in [0.15, 0.2) is 42.7 Å². The number of anilines is 2. The highest BCUT2D eigenvalue weighted by molar-refractivity contribution is 6.09. The summed E-state index contributed by atoms with van der Waals surface area (Å²) in [5, 5.41) is 7.57. The summed E-state index contributed by atoms with van der Waals surface area (Å²) in [4.78, 5) is 23.6. The minimum absolute atomic E-state index is 0.00473. The predicted octanol–water partition coefficient (Wildman–Crippen LogP) is 3.41. The molecule has 0 atom stereocenters. The molecule has 1 amide bonds. The summed E-state index contributed by atoms with van der Waals surface area (Å²) in [6.07, 6.45) is 3.07. The van der Waals surface area contributed by atoms with Crippen LogP contribution in [0.2, 0.25) is 0 Å². The first-order valence-corrected chi connectivity index (χ1v) is 10.9. The van der Waals surface area contributed by atoms with Crippen molar-refractivity contribution in [3.8, 4) is 17.1 Å². The van der Waals surface area contributed by atoms with E-state index in [1.807, 2.05) is 4.90 Å². The second-order valence-electron chi connectivity index (χ2n) is 7.96. The van der Waals surface area contributed by atoms with Gasteiger partial charge in [0.25, 0.3) is 5.91 Å². The van der Waals surface area contributed by atoms with E-state index in [1.165, 1.54) is 42.3 Å². The van der Waals surface area contributed by atoms with E-state index in [4.69, 9.17) is 9.47 Å². The molecule has 3 heterocycles. The van der Waals surface area contributed by atoms with Crippen LogP contribution in [0.5, 0.6) is 5.75 Å². The second-order valence-corrected chi connectivity index (χ2v) is 7.96. The average molecular weight is 480 g/mol. The molecule has 1 aliphatic heterocycles. The zero-order valence-corrected chi connectivity index (χ0v) is 19.1. The lowest BCUT2D eigenvalue weighted by molar-refractivity contribution is 0.102. The SMILES string of the molecule is COc1cccc(F)c1-c1nccc(C(=O)Nc2cc(F)c3nn(C)cc3c2N2CCOCC2)n1. The fraction of sp³-hybridized carbons (Fsp3) is 0.250. The van der Waals surface area contributed by atoms with Gasteiger partial charge in [0.15, 0.2) is 11.6 Å². The summed E-state index contributed by atoms with van der Waals surface area (Å²) in [7, 11) is 3.12. The Morgan fingerprint density at radius 2 is 1.97 bits per heavy atom. The number of methoxy groups -OCH3 is 1. The topological polar surface area (TPSA) is 94.4 Å². The molecular formula is C24H22F2N6O3. The number of aromatic nitrogens is 4. The number of nitrogens with zero attached hydrogens (tertiary/aromatic N) is 5. The number of fused-ring (bicyclic) bond motifs is 1. The van der Waals surface area contributed by atoms with Gasteiger partial charge < -0.3 is 19.7 Å². The van der Waals surface area contributed by atoms with Crippen LogP contribution in [-0.2, 0) is 11.8 Å². The van der Waals surface area contributed by atoms with Crippen molar-refractivity contribution < 1.29 is 23.0 Å². The van der Waals surface area contributed by atoms with Crippen LogP contribution in [0.4, 0.5) is 20.2 Å². The Morgan fingerprint density at radius 3 is 2.74 bits per heavy atom. The molecular weight excluding hydrogens is 458 g/mol. The van der Waals surface area contributed by atoms with Crippen LogP contribution in [0.3, 0.4) is 0 Å². The maximum atomic E-state index is 14.9. The Kier molecular flexibility index (Phi) is 6.00. The molecule has 1 fully saturated rings. The number of aryl methyl sites for hydroxylation is 1. The number of carbonyl (C=O) groups is 1. The fourth-order valence-electron chi connectivity index (χ4n) is 4.15. The van der Waals surface area contributed by atoms with E-state index in [-0.39, 0.29) is 34.0 Å². The predicted molar refractivity (Wildman–Crippen MR) is 126 cm³/mol. The minimum Gasteiger partial charge on any atom is -0.496 e. The molecule has 1 N–H and O–H groups in total. The lowest BCUT2D eigenvalue weighted by atomic mass is 10.1. The Bertz CT molecular complexity index is 1420.